The van der Waals surface area contributed by atoms with E-state index in [1.165, 1.54) is 29.5 Å². The van der Waals surface area contributed by atoms with Crippen LogP contribution in [0, 0.1) is 13.8 Å². The first-order valence-electron chi connectivity index (χ1n) is 17.7. The van der Waals surface area contributed by atoms with Crippen LogP contribution in [0.5, 0.6) is 5.75 Å². The molecule has 1 unspecified atom stereocenters. The number of anilines is 1. The van der Waals surface area contributed by atoms with E-state index >= 15 is 0 Å². The molecule has 0 saturated carbocycles. The molecular weight excluding hydrogens is 635 g/mol. The summed E-state index contributed by atoms with van der Waals surface area (Å²) < 4.78 is 37.4. The molecule has 1 atom stereocenters. The molecule has 262 valence electrons. The van der Waals surface area contributed by atoms with Crippen LogP contribution in [-0.4, -0.2) is 79.5 Å². The molecule has 1 saturated heterocycles. The summed E-state index contributed by atoms with van der Waals surface area (Å²) in [5.74, 6) is 0.661. The van der Waals surface area contributed by atoms with Gasteiger partial charge in [-0.1, -0.05) is 44.2 Å². The zero-order valence-electron chi connectivity index (χ0n) is 29.7. The zero-order chi connectivity index (χ0) is 34.7. The van der Waals surface area contributed by atoms with Crippen LogP contribution in [0.15, 0.2) is 65.7 Å². The lowest BCUT2D eigenvalue weighted by molar-refractivity contribution is -0.130. The number of ether oxygens (including phenoxy) is 1. The number of aryl methyl sites for hydroxylation is 2. The van der Waals surface area contributed by atoms with Gasteiger partial charge in [-0.3, -0.25) is 19.3 Å². The number of rotatable bonds is 13. The van der Waals surface area contributed by atoms with Crippen molar-refractivity contribution in [2.45, 2.75) is 83.9 Å². The van der Waals surface area contributed by atoms with Gasteiger partial charge in [0.05, 0.1) is 23.2 Å². The van der Waals surface area contributed by atoms with E-state index in [9.17, 15) is 13.2 Å². The summed E-state index contributed by atoms with van der Waals surface area (Å²) >= 11 is 0. The average molecular weight is 686 g/mol. The molecule has 0 radical (unpaired) electrons. The molecule has 1 aromatic heterocycles. The fourth-order valence-corrected chi connectivity index (χ4v) is 9.36. The highest BCUT2D eigenvalue weighted by Crippen LogP contribution is 2.32. The Balaban J connectivity index is 1.11. The van der Waals surface area contributed by atoms with Gasteiger partial charge in [0.25, 0.3) is 10.0 Å². The topological polar surface area (TPSA) is 87.1 Å². The van der Waals surface area contributed by atoms with E-state index in [-0.39, 0.29) is 17.3 Å². The lowest BCUT2D eigenvalue weighted by Crippen LogP contribution is -2.42. The van der Waals surface area contributed by atoms with Crippen molar-refractivity contribution in [3.05, 3.63) is 88.6 Å². The second-order valence-corrected chi connectivity index (χ2v) is 15.4. The molecule has 0 aliphatic carbocycles. The van der Waals surface area contributed by atoms with Gasteiger partial charge < -0.3 is 14.2 Å². The molecular formula is C39H51N5O4S. The van der Waals surface area contributed by atoms with Crippen molar-refractivity contribution in [2.24, 2.45) is 0 Å². The Morgan fingerprint density at radius 1 is 0.980 bits per heavy atom. The predicted molar refractivity (Wildman–Crippen MR) is 197 cm³/mol. The van der Waals surface area contributed by atoms with Crippen molar-refractivity contribution in [1.29, 1.82) is 0 Å². The zero-order valence-corrected chi connectivity index (χ0v) is 30.5. The number of para-hydroxylation sites is 1. The second-order valence-electron chi connectivity index (χ2n) is 13.8. The van der Waals surface area contributed by atoms with Crippen molar-refractivity contribution in [3.63, 3.8) is 0 Å². The monoisotopic (exact) mass is 685 g/mol. The number of benzene rings is 3. The van der Waals surface area contributed by atoms with E-state index in [0.717, 1.165) is 57.5 Å². The van der Waals surface area contributed by atoms with Crippen molar-refractivity contribution in [1.82, 2.24) is 19.3 Å². The van der Waals surface area contributed by atoms with E-state index in [4.69, 9.17) is 4.74 Å². The number of hydrogen-bond donors (Lipinski definition) is 1. The minimum Gasteiger partial charge on any atom is -0.497 e. The van der Waals surface area contributed by atoms with Gasteiger partial charge >= 0.3 is 0 Å². The average Bonchev–Trinajstić information content (AvgIpc) is 3.73. The van der Waals surface area contributed by atoms with Crippen LogP contribution in [0.4, 0.5) is 5.69 Å². The van der Waals surface area contributed by atoms with Gasteiger partial charge in [-0.15, -0.1) is 0 Å². The number of fused-ring (bicyclic) bond motifs is 2. The van der Waals surface area contributed by atoms with Crippen LogP contribution in [0.3, 0.4) is 0 Å². The second kappa shape index (κ2) is 14.9. The molecule has 0 bridgehead atoms. The number of nitrogens with one attached hydrogen (secondary N) is 1. The molecule has 9 nitrogen and oxygen atoms in total. The number of likely N-dealkylation sites (tertiary alicyclic amines) is 1. The fraction of sp³-hybridized carbons (Fsp3) is 0.462. The predicted octanol–water partition coefficient (Wildman–Crippen LogP) is 6.35. The van der Waals surface area contributed by atoms with Crippen LogP contribution in [-0.2, 0) is 40.9 Å². The number of hydrogen-bond acceptors (Lipinski definition) is 6. The molecule has 1 fully saturated rings. The maximum absolute atomic E-state index is 13.7. The molecule has 2 aliphatic heterocycles. The lowest BCUT2D eigenvalue weighted by Gasteiger charge is -2.34. The normalized spacial score (nSPS) is 16.8. The molecule has 1 N–H and O–H groups in total. The Hall–Kier alpha value is -3.86. The van der Waals surface area contributed by atoms with Gasteiger partial charge in [0, 0.05) is 50.3 Å². The summed E-state index contributed by atoms with van der Waals surface area (Å²) in [5, 5.41) is 0.869. The molecule has 3 heterocycles. The van der Waals surface area contributed by atoms with Gasteiger partial charge in [0.1, 0.15) is 12.3 Å². The molecule has 49 heavy (non-hydrogen) atoms. The third-order valence-corrected chi connectivity index (χ3v) is 11.8. The summed E-state index contributed by atoms with van der Waals surface area (Å²) in [6.07, 6.45) is 6.23. The van der Waals surface area contributed by atoms with Crippen LogP contribution >= 0.6 is 0 Å². The van der Waals surface area contributed by atoms with E-state index in [1.807, 2.05) is 33.9 Å². The smallest absolute Gasteiger partial charge is 0.262 e. The number of sulfonamides is 1. The number of methoxy groups -OCH3 is 1. The minimum atomic E-state index is -3.91. The number of nitrogens with zero attached hydrogens (tertiary/aromatic N) is 4. The number of aromatic nitrogens is 1. The SMILES string of the molecule is CCCN(CCC)Cc1ccc2c(c1)CCN(C1CCN(C(=O)Cn3ccc4cccc(NS(=O)(=O)c5c(C)cc(OC)cc5C)c43)C1)C2. The molecule has 3 aromatic carbocycles. The van der Waals surface area contributed by atoms with E-state index in [2.05, 4.69) is 46.6 Å². The van der Waals surface area contributed by atoms with Gasteiger partial charge in [0.15, 0.2) is 0 Å². The van der Waals surface area contributed by atoms with Gasteiger partial charge in [-0.2, -0.15) is 0 Å². The maximum Gasteiger partial charge on any atom is 0.262 e. The summed E-state index contributed by atoms with van der Waals surface area (Å²) in [6.45, 7) is 14.9. The Bertz CT molecular complexity index is 1890. The first-order valence-corrected chi connectivity index (χ1v) is 19.2. The molecule has 4 aromatic rings. The fourth-order valence-electron chi connectivity index (χ4n) is 7.83. The van der Waals surface area contributed by atoms with Crippen molar-refractivity contribution in [3.8, 4) is 5.75 Å². The quantitative estimate of drug-likeness (QED) is 0.177. The van der Waals surface area contributed by atoms with Crippen molar-refractivity contribution < 1.29 is 17.9 Å². The number of carbonyl (C=O) groups excluding carboxylic acids is 1. The summed E-state index contributed by atoms with van der Waals surface area (Å²) in [5.41, 5.74) is 6.64. The van der Waals surface area contributed by atoms with Crippen LogP contribution < -0.4 is 9.46 Å². The molecule has 6 rings (SSSR count). The number of amides is 1. The van der Waals surface area contributed by atoms with E-state index in [0.29, 0.717) is 40.7 Å². The van der Waals surface area contributed by atoms with Crippen molar-refractivity contribution in [2.75, 3.05) is 44.6 Å². The lowest BCUT2D eigenvalue weighted by atomic mass is 9.96. The first-order chi connectivity index (χ1) is 23.6. The molecule has 0 spiro atoms. The standard InChI is InChI=1S/C39H51N5O4S/c1-6-16-41(17-7-2)24-30-11-12-33-25-42(18-14-32(33)23-30)34-15-20-43(26-34)37(45)27-44-19-13-31-9-8-10-36(38(31)44)40-49(46,47)39-28(3)21-35(48-5)22-29(39)4/h8-13,19,21-23,34,40H,6-7,14-18,20,24-27H2,1-5H3. The highest BCUT2D eigenvalue weighted by Gasteiger charge is 2.32. The van der Waals surface area contributed by atoms with Gasteiger partial charge in [0.2, 0.25) is 5.91 Å². The summed E-state index contributed by atoms with van der Waals surface area (Å²) in [6, 6.07) is 18.3. The largest absolute Gasteiger partial charge is 0.497 e. The Kier molecular flexibility index (Phi) is 10.7. The van der Waals surface area contributed by atoms with E-state index in [1.54, 1.807) is 39.2 Å². The van der Waals surface area contributed by atoms with Gasteiger partial charge in [-0.05, 0) is 105 Å². The number of carbonyl (C=O) groups is 1. The summed E-state index contributed by atoms with van der Waals surface area (Å²) in [7, 11) is -2.34. The highest BCUT2D eigenvalue weighted by atomic mass is 32.2. The van der Waals surface area contributed by atoms with E-state index < -0.39 is 10.0 Å². The Labute approximate surface area is 291 Å². The Morgan fingerprint density at radius 2 is 1.73 bits per heavy atom. The van der Waals surface area contributed by atoms with Crippen LogP contribution in [0.2, 0.25) is 0 Å². The molecule has 2 aliphatic rings. The van der Waals surface area contributed by atoms with Crippen molar-refractivity contribution >= 4 is 32.5 Å². The highest BCUT2D eigenvalue weighted by molar-refractivity contribution is 7.92. The third kappa shape index (κ3) is 7.66. The van der Waals surface area contributed by atoms with Crippen LogP contribution in [0.1, 0.15) is 60.9 Å². The Morgan fingerprint density at radius 3 is 2.45 bits per heavy atom. The van der Waals surface area contributed by atoms with Crippen LogP contribution in [0.25, 0.3) is 10.9 Å². The minimum absolute atomic E-state index is 0.0465. The van der Waals surface area contributed by atoms with Gasteiger partial charge in [-0.25, -0.2) is 8.42 Å². The third-order valence-electron chi connectivity index (χ3n) is 10.1. The first kappa shape index (κ1) is 35.0. The molecule has 10 heteroatoms. The molecule has 1 amide bonds. The maximum atomic E-state index is 13.7. The summed E-state index contributed by atoms with van der Waals surface area (Å²) in [4.78, 5) is 21.0.